The van der Waals surface area contributed by atoms with Crippen LogP contribution in [0.25, 0.3) is 34.9 Å². The van der Waals surface area contributed by atoms with Crippen LogP contribution < -0.4 is 15.9 Å². The molecule has 0 aromatic heterocycles. The van der Waals surface area contributed by atoms with Gasteiger partial charge in [-0.15, -0.1) is 0 Å². The van der Waals surface area contributed by atoms with Crippen LogP contribution in [0.5, 0.6) is 0 Å². The Bertz CT molecular complexity index is 2530. The van der Waals surface area contributed by atoms with E-state index in [-0.39, 0.29) is 0 Å². The van der Waals surface area contributed by atoms with Gasteiger partial charge in [-0.25, -0.2) is 0 Å². The molecule has 1 nitrogen and oxygen atoms in total. The molecule has 0 fully saturated rings. The van der Waals surface area contributed by atoms with Crippen LogP contribution in [0, 0.1) is 0 Å². The van der Waals surface area contributed by atoms with E-state index in [1.807, 2.05) is 72.8 Å². The highest BCUT2D eigenvalue weighted by atomic mass is 31.2. The normalized spacial score (nSPS) is 11.0. The lowest BCUT2D eigenvalue weighted by molar-refractivity contribution is 0.592. The molecule has 296 valence electrons. The maximum atomic E-state index is 16.1. The first kappa shape index (κ1) is 39.9. The Morgan fingerprint density at radius 1 is 0.242 bits per heavy atom. The quantitative estimate of drug-likeness (QED) is 0.0887. The lowest BCUT2D eigenvalue weighted by Crippen LogP contribution is -2.25. The van der Waals surface area contributed by atoms with Gasteiger partial charge in [0.05, 0.1) is 0 Å². The van der Waals surface area contributed by atoms with Crippen LogP contribution in [0.2, 0.25) is 0 Å². The average molecular weight is 813 g/mol. The summed E-state index contributed by atoms with van der Waals surface area (Å²) in [6.45, 7) is 0. The van der Waals surface area contributed by atoms with Crippen molar-refractivity contribution < 1.29 is 4.57 Å². The maximum absolute atomic E-state index is 16.1. The molecule has 0 saturated heterocycles. The van der Waals surface area contributed by atoms with E-state index in [0.717, 1.165) is 82.7 Å². The van der Waals surface area contributed by atoms with Gasteiger partial charge >= 0.3 is 0 Å². The Morgan fingerprint density at radius 2 is 0.419 bits per heavy atom. The minimum atomic E-state index is -3.35. The van der Waals surface area contributed by atoms with Crippen molar-refractivity contribution >= 4 is 58.0 Å². The minimum Gasteiger partial charge on any atom is -0.309 e. The van der Waals surface area contributed by atoms with Crippen molar-refractivity contribution in [2.75, 3.05) is 0 Å². The Morgan fingerprint density at radius 3 is 0.597 bits per heavy atom. The summed E-state index contributed by atoms with van der Waals surface area (Å²) in [5.41, 5.74) is 13.3. The van der Waals surface area contributed by atoms with Gasteiger partial charge in [0, 0.05) is 15.9 Å². The van der Waals surface area contributed by atoms with Crippen molar-refractivity contribution in [1.29, 1.82) is 0 Å². The van der Waals surface area contributed by atoms with Gasteiger partial charge in [0.15, 0.2) is 7.14 Å². The minimum absolute atomic E-state index is 0.783. The van der Waals surface area contributed by atoms with Crippen molar-refractivity contribution in [3.8, 4) is 0 Å². The molecule has 2 heteroatoms. The van der Waals surface area contributed by atoms with Gasteiger partial charge in [-0.2, -0.15) is 0 Å². The van der Waals surface area contributed by atoms with E-state index in [1.165, 1.54) is 0 Å². The second-order valence-corrected chi connectivity index (χ2v) is 18.0. The second kappa shape index (κ2) is 18.8. The van der Waals surface area contributed by atoms with Crippen LogP contribution in [-0.4, -0.2) is 0 Å². The van der Waals surface area contributed by atoms with Crippen LogP contribution in [-0.2, 0) is 4.57 Å². The van der Waals surface area contributed by atoms with E-state index in [4.69, 9.17) is 0 Å². The molecule has 0 aliphatic rings. The fourth-order valence-electron chi connectivity index (χ4n) is 7.99. The van der Waals surface area contributed by atoms with E-state index in [2.05, 4.69) is 200 Å². The monoisotopic (exact) mass is 812 g/mol. The molecular formula is C60H45OP. The molecule has 62 heavy (non-hydrogen) atoms. The summed E-state index contributed by atoms with van der Waals surface area (Å²) in [5, 5.41) is 2.35. The molecule has 0 spiro atoms. The number of hydrogen-bond donors (Lipinski definition) is 0. The SMILES string of the molecule is O=P(c1ccc(C=C(c2ccccc2)c2ccccc2)cc1)(c1ccc(C=C(c2ccccc2)c2ccccc2)cc1)c1ccc(C=C(c2ccccc2)c2ccccc2)cc1. The van der Waals surface area contributed by atoms with Crippen LogP contribution in [0.4, 0.5) is 0 Å². The zero-order valence-corrected chi connectivity index (χ0v) is 35.2. The van der Waals surface area contributed by atoms with Crippen molar-refractivity contribution in [2.45, 2.75) is 0 Å². The molecule has 0 atom stereocenters. The molecule has 0 unspecified atom stereocenters. The molecule has 0 heterocycles. The molecular weight excluding hydrogens is 768 g/mol. The van der Waals surface area contributed by atoms with Gasteiger partial charge in [-0.05, 0) is 85.0 Å². The molecule has 0 bridgehead atoms. The molecule has 0 saturated carbocycles. The molecule has 0 radical (unpaired) electrons. The van der Waals surface area contributed by atoms with Crippen LogP contribution >= 0.6 is 7.14 Å². The standard InChI is InChI=1S/C60H45OP/c61-62(55-37-31-46(32-38-55)43-58(49-19-7-1-8-20-49)50-21-9-2-10-22-50,56-39-33-47(34-40-56)44-59(51-23-11-3-12-24-51)52-25-13-4-14-26-52)57-41-35-48(36-42-57)45-60(53-27-15-5-16-28-53)54-29-17-6-18-30-54/h1-45H. The van der Waals surface area contributed by atoms with Gasteiger partial charge in [-0.1, -0.05) is 255 Å². The zero-order chi connectivity index (χ0) is 42.0. The first-order chi connectivity index (χ1) is 30.6. The fourth-order valence-corrected chi connectivity index (χ4v) is 10.6. The summed E-state index contributed by atoms with van der Waals surface area (Å²) < 4.78 is 16.1. The summed E-state index contributed by atoms with van der Waals surface area (Å²) in [6.07, 6.45) is 6.65. The predicted molar refractivity (Wildman–Crippen MR) is 265 cm³/mol. The molecule has 9 rings (SSSR count). The molecule has 0 aliphatic carbocycles. The summed E-state index contributed by atoms with van der Waals surface area (Å²) in [4.78, 5) is 0. The van der Waals surface area contributed by atoms with Crippen LogP contribution in [0.3, 0.4) is 0 Å². The lowest BCUT2D eigenvalue weighted by atomic mass is 9.96. The van der Waals surface area contributed by atoms with Crippen molar-refractivity contribution in [3.63, 3.8) is 0 Å². The Balaban J connectivity index is 1.13. The molecule has 9 aromatic rings. The number of benzene rings is 9. The third kappa shape index (κ3) is 8.96. The first-order valence-corrected chi connectivity index (χ1v) is 22.7. The average Bonchev–Trinajstić information content (AvgIpc) is 3.36. The van der Waals surface area contributed by atoms with E-state index in [1.54, 1.807) is 0 Å². The fraction of sp³-hybridized carbons (Fsp3) is 0. The molecule has 9 aromatic carbocycles. The highest BCUT2D eigenvalue weighted by Gasteiger charge is 2.30. The summed E-state index contributed by atoms with van der Waals surface area (Å²) in [6, 6.07) is 87.7. The molecule has 0 aliphatic heterocycles. The highest BCUT2D eigenvalue weighted by molar-refractivity contribution is 7.85. The van der Waals surface area contributed by atoms with Gasteiger partial charge in [0.25, 0.3) is 0 Å². The summed E-state index contributed by atoms with van der Waals surface area (Å²) in [7, 11) is -3.35. The predicted octanol–water partition coefficient (Wildman–Crippen LogP) is 14.1. The van der Waals surface area contributed by atoms with E-state index >= 15 is 4.57 Å². The van der Waals surface area contributed by atoms with E-state index < -0.39 is 7.14 Å². The van der Waals surface area contributed by atoms with Gasteiger partial charge < -0.3 is 4.57 Å². The van der Waals surface area contributed by atoms with Crippen LogP contribution in [0.1, 0.15) is 50.1 Å². The number of rotatable bonds is 12. The van der Waals surface area contributed by atoms with Crippen LogP contribution in [0.15, 0.2) is 255 Å². The van der Waals surface area contributed by atoms with Crippen molar-refractivity contribution in [1.82, 2.24) is 0 Å². The highest BCUT2D eigenvalue weighted by Crippen LogP contribution is 2.43. The van der Waals surface area contributed by atoms with Gasteiger partial charge in [0.1, 0.15) is 0 Å². The largest absolute Gasteiger partial charge is 0.309 e. The third-order valence-electron chi connectivity index (χ3n) is 11.2. The first-order valence-electron chi connectivity index (χ1n) is 21.0. The van der Waals surface area contributed by atoms with E-state index in [9.17, 15) is 0 Å². The Kier molecular flexibility index (Phi) is 12.1. The molecule has 0 N–H and O–H groups in total. The summed E-state index contributed by atoms with van der Waals surface area (Å²) in [5.74, 6) is 0. The lowest BCUT2D eigenvalue weighted by Gasteiger charge is -2.21. The van der Waals surface area contributed by atoms with Gasteiger partial charge in [0.2, 0.25) is 0 Å². The summed E-state index contributed by atoms with van der Waals surface area (Å²) >= 11 is 0. The molecule has 0 amide bonds. The smallest absolute Gasteiger partial charge is 0.171 e. The maximum Gasteiger partial charge on any atom is 0.171 e. The third-order valence-corrected chi connectivity index (χ3v) is 14.3. The van der Waals surface area contributed by atoms with Gasteiger partial charge in [-0.3, -0.25) is 0 Å². The Labute approximate surface area is 365 Å². The topological polar surface area (TPSA) is 17.1 Å². The number of hydrogen-bond acceptors (Lipinski definition) is 1. The van der Waals surface area contributed by atoms with E-state index in [0.29, 0.717) is 0 Å². The van der Waals surface area contributed by atoms with Crippen molar-refractivity contribution in [3.05, 3.63) is 305 Å². The second-order valence-electron chi connectivity index (χ2n) is 15.3. The Hall–Kier alpha value is -7.57. The van der Waals surface area contributed by atoms with Crippen molar-refractivity contribution in [2.24, 2.45) is 0 Å². The zero-order valence-electron chi connectivity index (χ0n) is 34.3.